The summed E-state index contributed by atoms with van der Waals surface area (Å²) in [4.78, 5) is 4.26. The zero-order valence-electron chi connectivity index (χ0n) is 19.7. The first-order chi connectivity index (χ1) is 16.0. The molecule has 0 amide bonds. The number of pyridine rings is 1. The average Bonchev–Trinajstić information content (AvgIpc) is 3.23. The molecule has 0 saturated heterocycles. The van der Waals surface area contributed by atoms with Gasteiger partial charge >= 0.3 is 0 Å². The first kappa shape index (κ1) is 20.9. The van der Waals surface area contributed by atoms with Gasteiger partial charge in [0.25, 0.3) is 0 Å². The summed E-state index contributed by atoms with van der Waals surface area (Å²) in [6.45, 7) is 0. The molecule has 0 aliphatic heterocycles. The summed E-state index contributed by atoms with van der Waals surface area (Å²) < 4.78 is 2.25. The van der Waals surface area contributed by atoms with Gasteiger partial charge in [0.1, 0.15) is 0 Å². The Hall–Kier alpha value is -3.98. The van der Waals surface area contributed by atoms with Crippen molar-refractivity contribution in [3.8, 4) is 33.4 Å². The Kier molecular flexibility index (Phi) is 5.39. The third kappa shape index (κ3) is 3.98. The quantitative estimate of drug-likeness (QED) is 0.295. The average molecular weight is 432 g/mol. The molecule has 0 radical (unpaired) electrons. The van der Waals surface area contributed by atoms with Crippen LogP contribution in [0.5, 0.6) is 0 Å². The van der Waals surface area contributed by atoms with Crippen molar-refractivity contribution in [1.29, 1.82) is 0 Å². The van der Waals surface area contributed by atoms with Crippen molar-refractivity contribution in [3.63, 3.8) is 0 Å². The summed E-state index contributed by atoms with van der Waals surface area (Å²) in [6, 6.07) is 32.8. The van der Waals surface area contributed by atoms with Crippen LogP contribution in [0.1, 0.15) is 0 Å². The van der Waals surface area contributed by atoms with Gasteiger partial charge in [-0.1, -0.05) is 54.6 Å². The summed E-state index contributed by atoms with van der Waals surface area (Å²) in [5.41, 5.74) is 11.0. The summed E-state index contributed by atoms with van der Waals surface area (Å²) >= 11 is 0. The van der Waals surface area contributed by atoms with Gasteiger partial charge in [0.2, 0.25) is 0 Å². The minimum Gasteiger partial charge on any atom is -0.378 e. The smallest absolute Gasteiger partial charge is 0.0541 e. The van der Waals surface area contributed by atoms with E-state index in [1.807, 2.05) is 0 Å². The molecule has 0 fully saturated rings. The Morgan fingerprint density at radius 1 is 0.545 bits per heavy atom. The zero-order valence-corrected chi connectivity index (χ0v) is 19.7. The van der Waals surface area contributed by atoms with Crippen molar-refractivity contribution in [2.24, 2.45) is 0 Å². The van der Waals surface area contributed by atoms with E-state index in [1.54, 1.807) is 0 Å². The molecule has 33 heavy (non-hydrogen) atoms. The van der Waals surface area contributed by atoms with Gasteiger partial charge in [-0.05, 0) is 58.7 Å². The van der Waals surface area contributed by atoms with E-state index in [9.17, 15) is 0 Å². The van der Waals surface area contributed by atoms with Crippen molar-refractivity contribution in [2.75, 3.05) is 38.0 Å². The Balaban J connectivity index is 1.69. The van der Waals surface area contributed by atoms with Crippen LogP contribution in [0.4, 0.5) is 11.4 Å². The molecule has 2 aromatic heterocycles. The second-order valence-electron chi connectivity index (χ2n) is 8.87. The van der Waals surface area contributed by atoms with E-state index in [0.29, 0.717) is 0 Å². The molecule has 3 heteroatoms. The molecule has 0 N–H and O–H groups in total. The van der Waals surface area contributed by atoms with Crippen LogP contribution in [0.25, 0.3) is 38.9 Å². The Bertz CT molecular complexity index is 1380. The lowest BCUT2D eigenvalue weighted by atomic mass is 9.96. The molecule has 3 aromatic carbocycles. The van der Waals surface area contributed by atoms with Crippen molar-refractivity contribution < 1.29 is 0 Å². The van der Waals surface area contributed by atoms with Gasteiger partial charge in [-0.2, -0.15) is 0 Å². The maximum absolute atomic E-state index is 2.31. The predicted octanol–water partition coefficient (Wildman–Crippen LogP) is 7.07. The lowest BCUT2D eigenvalue weighted by Gasteiger charge is -2.14. The highest BCUT2D eigenvalue weighted by atomic mass is 15.1. The molecule has 0 unspecified atom stereocenters. The largest absolute Gasteiger partial charge is 0.378 e. The fourth-order valence-corrected chi connectivity index (χ4v) is 4.36. The number of hydrogen-bond donors (Lipinski definition) is 0. The van der Waals surface area contributed by atoms with Crippen molar-refractivity contribution in [3.05, 3.63) is 103 Å². The van der Waals surface area contributed by atoms with Crippen LogP contribution in [0.2, 0.25) is 0 Å². The summed E-state index contributed by atoms with van der Waals surface area (Å²) in [5.74, 6) is 0. The van der Waals surface area contributed by atoms with E-state index < -0.39 is 0 Å². The van der Waals surface area contributed by atoms with Crippen LogP contribution in [0, 0.1) is 0 Å². The molecule has 0 aliphatic carbocycles. The topological polar surface area (TPSA) is 10.9 Å². The number of nitrogens with zero attached hydrogens (tertiary/aromatic N) is 3. The number of benzene rings is 3. The van der Waals surface area contributed by atoms with E-state index in [2.05, 4.69) is 146 Å². The molecule has 0 saturated carbocycles. The maximum atomic E-state index is 2.31. The van der Waals surface area contributed by atoms with Crippen LogP contribution >= 0.6 is 0 Å². The van der Waals surface area contributed by atoms with Crippen LogP contribution in [0.3, 0.4) is 0 Å². The highest BCUT2D eigenvalue weighted by molar-refractivity contribution is 5.96. The van der Waals surface area contributed by atoms with Gasteiger partial charge in [0.15, 0.2) is 0 Å². The summed E-state index contributed by atoms with van der Waals surface area (Å²) in [6.07, 6.45) is 4.42. The molecule has 0 spiro atoms. The lowest BCUT2D eigenvalue weighted by molar-refractivity contribution is 1.13. The number of hydrogen-bond acceptors (Lipinski definition) is 2. The number of fused-ring (bicyclic) bond motifs is 1. The Labute approximate surface area is 196 Å². The monoisotopic (exact) mass is 431 g/mol. The zero-order chi connectivity index (χ0) is 22.9. The molecule has 5 aromatic rings. The van der Waals surface area contributed by atoms with Gasteiger partial charge in [-0.3, -0.25) is 0 Å². The first-order valence-electron chi connectivity index (χ1n) is 11.3. The number of anilines is 2. The molecular formula is C30H29N3. The normalized spacial score (nSPS) is 11.0. The lowest BCUT2D eigenvalue weighted by Crippen LogP contribution is -2.07. The minimum atomic E-state index is 1.20. The molecule has 0 atom stereocenters. The van der Waals surface area contributed by atoms with E-state index >= 15 is 0 Å². The van der Waals surface area contributed by atoms with Crippen LogP contribution in [0.15, 0.2) is 103 Å². The first-order valence-corrected chi connectivity index (χ1v) is 11.3. The molecule has 164 valence electrons. The molecule has 2 heterocycles. The maximum Gasteiger partial charge on any atom is 0.0541 e. The molecule has 3 nitrogen and oxygen atoms in total. The SMILES string of the molecule is CN(C)c1ccc(-c2ccn3cc(-c4ccccc4)c(-c4ccc(N(C)C)cc4)c3c2)cc1. The third-order valence-corrected chi connectivity index (χ3v) is 6.25. The highest BCUT2D eigenvalue weighted by Gasteiger charge is 2.15. The Morgan fingerprint density at radius 2 is 1.12 bits per heavy atom. The second kappa shape index (κ2) is 8.51. The molecular weight excluding hydrogens is 402 g/mol. The minimum absolute atomic E-state index is 1.20. The molecule has 5 rings (SSSR count). The standard InChI is InChI=1S/C30H29N3/c1-31(2)26-14-10-22(11-15-26)25-18-19-33-21-28(23-8-6-5-7-9-23)30(29(33)20-25)24-12-16-27(17-13-24)32(3)4/h5-21H,1-4H3. The highest BCUT2D eigenvalue weighted by Crippen LogP contribution is 2.39. The Morgan fingerprint density at radius 3 is 1.70 bits per heavy atom. The predicted molar refractivity (Wildman–Crippen MR) is 142 cm³/mol. The van der Waals surface area contributed by atoms with Gasteiger partial charge in [-0.15, -0.1) is 0 Å². The van der Waals surface area contributed by atoms with E-state index in [4.69, 9.17) is 0 Å². The van der Waals surface area contributed by atoms with Gasteiger partial charge in [0.05, 0.1) is 5.52 Å². The van der Waals surface area contributed by atoms with Crippen LogP contribution in [-0.4, -0.2) is 32.6 Å². The fraction of sp³-hybridized carbons (Fsp3) is 0.133. The van der Waals surface area contributed by atoms with Gasteiger partial charge in [0, 0.05) is 63.1 Å². The van der Waals surface area contributed by atoms with Crippen LogP contribution < -0.4 is 9.80 Å². The van der Waals surface area contributed by atoms with Crippen LogP contribution in [-0.2, 0) is 0 Å². The van der Waals surface area contributed by atoms with Gasteiger partial charge in [-0.25, -0.2) is 0 Å². The number of aromatic nitrogens is 1. The van der Waals surface area contributed by atoms with E-state index in [1.165, 1.54) is 50.3 Å². The summed E-state index contributed by atoms with van der Waals surface area (Å²) in [7, 11) is 8.29. The third-order valence-electron chi connectivity index (χ3n) is 6.25. The fourth-order valence-electron chi connectivity index (χ4n) is 4.36. The van der Waals surface area contributed by atoms with E-state index in [0.717, 1.165) is 0 Å². The molecule has 0 bridgehead atoms. The van der Waals surface area contributed by atoms with Crippen molar-refractivity contribution >= 4 is 16.9 Å². The van der Waals surface area contributed by atoms with Crippen molar-refractivity contribution in [2.45, 2.75) is 0 Å². The second-order valence-corrected chi connectivity index (χ2v) is 8.87. The molecule has 0 aliphatic rings. The van der Waals surface area contributed by atoms with Gasteiger partial charge < -0.3 is 14.2 Å². The summed E-state index contributed by atoms with van der Waals surface area (Å²) in [5, 5.41) is 0. The number of rotatable bonds is 5. The van der Waals surface area contributed by atoms with Crippen molar-refractivity contribution in [1.82, 2.24) is 4.40 Å². The van der Waals surface area contributed by atoms with E-state index in [-0.39, 0.29) is 0 Å².